The molecule has 1 N–H and O–H groups in total. The monoisotopic (exact) mass is 359 g/mol. The number of rotatable bonds is 4. The zero-order valence-electron chi connectivity index (χ0n) is 13.0. The lowest BCUT2D eigenvalue weighted by molar-refractivity contribution is -0.384. The average molecular weight is 360 g/mol. The van der Waals surface area contributed by atoms with Crippen molar-refractivity contribution >= 4 is 29.7 Å². The molecule has 2 aliphatic rings. The normalized spacial score (nSPS) is 22.7. The summed E-state index contributed by atoms with van der Waals surface area (Å²) in [5, 5.41) is 14.8. The van der Waals surface area contributed by atoms with Crippen LogP contribution in [-0.4, -0.2) is 35.5 Å². The van der Waals surface area contributed by atoms with Gasteiger partial charge in [0, 0.05) is 18.7 Å². The summed E-state index contributed by atoms with van der Waals surface area (Å²) in [7, 11) is 0. The molecule has 2 heterocycles. The second-order valence-electron chi connectivity index (χ2n) is 6.36. The molecule has 1 aromatic carbocycles. The van der Waals surface area contributed by atoms with E-state index in [0.29, 0.717) is 6.04 Å². The second kappa shape index (κ2) is 8.29. The fraction of sp³-hybridized carbons (Fsp3) is 0.625. The number of piperidine rings is 1. The van der Waals surface area contributed by atoms with Crippen molar-refractivity contribution < 1.29 is 4.92 Å². The summed E-state index contributed by atoms with van der Waals surface area (Å²) >= 11 is 5.86. The molecule has 128 valence electrons. The Bertz CT molecular complexity index is 542. The van der Waals surface area contributed by atoms with Crippen molar-refractivity contribution in [3.8, 4) is 0 Å². The number of nitrogens with one attached hydrogen (secondary N) is 1. The molecule has 2 saturated heterocycles. The van der Waals surface area contributed by atoms with Gasteiger partial charge >= 0.3 is 0 Å². The fourth-order valence-corrected chi connectivity index (χ4v) is 3.87. The first kappa shape index (κ1) is 18.5. The number of hydrogen-bond acceptors (Lipinski definition) is 4. The smallest absolute Gasteiger partial charge is 0.288 e. The van der Waals surface area contributed by atoms with Crippen molar-refractivity contribution in [1.82, 2.24) is 10.2 Å². The highest BCUT2D eigenvalue weighted by Crippen LogP contribution is 2.28. The Balaban J connectivity index is 0.00000192. The van der Waals surface area contributed by atoms with Gasteiger partial charge in [-0.1, -0.05) is 17.7 Å². The Kier molecular flexibility index (Phi) is 6.65. The molecule has 0 radical (unpaired) electrons. The minimum Gasteiger partial charge on any atom is -0.314 e. The lowest BCUT2D eigenvalue weighted by atomic mass is 9.88. The van der Waals surface area contributed by atoms with E-state index in [1.807, 2.05) is 6.07 Å². The Labute approximate surface area is 147 Å². The molecule has 1 aromatic rings. The third kappa shape index (κ3) is 4.57. The molecule has 0 spiro atoms. The first-order valence-corrected chi connectivity index (χ1v) is 8.40. The van der Waals surface area contributed by atoms with Crippen molar-refractivity contribution in [2.45, 2.75) is 38.3 Å². The van der Waals surface area contributed by atoms with Crippen LogP contribution in [0, 0.1) is 16.0 Å². The van der Waals surface area contributed by atoms with E-state index in [2.05, 4.69) is 10.2 Å². The Morgan fingerprint density at radius 3 is 2.65 bits per heavy atom. The molecule has 0 aromatic heterocycles. The average Bonchev–Trinajstić information content (AvgIpc) is 3.04. The van der Waals surface area contributed by atoms with Gasteiger partial charge in [0.2, 0.25) is 0 Å². The van der Waals surface area contributed by atoms with Crippen molar-refractivity contribution in [1.29, 1.82) is 0 Å². The van der Waals surface area contributed by atoms with Crippen LogP contribution < -0.4 is 5.32 Å². The molecule has 0 bridgehead atoms. The van der Waals surface area contributed by atoms with Crippen LogP contribution >= 0.6 is 24.0 Å². The maximum absolute atomic E-state index is 11.0. The van der Waals surface area contributed by atoms with Gasteiger partial charge < -0.3 is 5.32 Å². The van der Waals surface area contributed by atoms with Crippen LogP contribution in [0.25, 0.3) is 0 Å². The molecular formula is C16H23Cl2N3O2. The number of hydrogen-bond donors (Lipinski definition) is 1. The third-order valence-electron chi connectivity index (χ3n) is 4.91. The Morgan fingerprint density at radius 1 is 1.30 bits per heavy atom. The number of halogens is 2. The van der Waals surface area contributed by atoms with E-state index in [4.69, 9.17) is 11.6 Å². The molecular weight excluding hydrogens is 337 g/mol. The quantitative estimate of drug-likeness (QED) is 0.658. The van der Waals surface area contributed by atoms with E-state index >= 15 is 0 Å². The molecule has 2 fully saturated rings. The summed E-state index contributed by atoms with van der Waals surface area (Å²) in [6.07, 6.45) is 5.05. The molecule has 23 heavy (non-hydrogen) atoms. The van der Waals surface area contributed by atoms with Crippen molar-refractivity contribution in [3.63, 3.8) is 0 Å². The third-order valence-corrected chi connectivity index (χ3v) is 5.23. The van der Waals surface area contributed by atoms with Crippen LogP contribution in [0.3, 0.4) is 0 Å². The van der Waals surface area contributed by atoms with Gasteiger partial charge in [-0.15, -0.1) is 12.4 Å². The highest BCUT2D eigenvalue weighted by Gasteiger charge is 2.28. The summed E-state index contributed by atoms with van der Waals surface area (Å²) in [5.41, 5.74) is 0.970. The number of nitro benzene ring substituents is 1. The van der Waals surface area contributed by atoms with Gasteiger partial charge in [0.25, 0.3) is 5.69 Å². The van der Waals surface area contributed by atoms with Crippen LogP contribution in [0.4, 0.5) is 5.69 Å². The Morgan fingerprint density at radius 2 is 2.04 bits per heavy atom. The molecule has 2 aliphatic heterocycles. The maximum atomic E-state index is 11.0. The summed E-state index contributed by atoms with van der Waals surface area (Å²) in [6, 6.07) is 5.83. The lowest BCUT2D eigenvalue weighted by Gasteiger charge is -2.34. The number of benzene rings is 1. The molecule has 7 heteroatoms. The molecule has 0 saturated carbocycles. The fourth-order valence-electron chi connectivity index (χ4n) is 3.68. The van der Waals surface area contributed by atoms with E-state index < -0.39 is 4.92 Å². The van der Waals surface area contributed by atoms with E-state index in [1.165, 1.54) is 32.2 Å². The van der Waals surface area contributed by atoms with Crippen LogP contribution in [0.2, 0.25) is 5.02 Å². The standard InChI is InChI=1S/C16H22ClN3O2.ClH/c17-14-4-3-12(10-16(14)20(21)22)11-19-8-5-13(6-9-19)15-2-1-7-18-15;/h3-4,10,13,15,18H,1-2,5-9,11H2;1H. The SMILES string of the molecule is Cl.O=[N+]([O-])c1cc(CN2CCC(C3CCCN3)CC2)ccc1Cl. The zero-order valence-corrected chi connectivity index (χ0v) is 14.6. The molecule has 0 amide bonds. The zero-order chi connectivity index (χ0) is 15.5. The van der Waals surface area contributed by atoms with Gasteiger partial charge in [0.05, 0.1) is 4.92 Å². The predicted octanol–water partition coefficient (Wildman–Crippen LogP) is 3.63. The number of likely N-dealkylation sites (tertiary alicyclic amines) is 1. The van der Waals surface area contributed by atoms with Crippen molar-refractivity contribution in [2.75, 3.05) is 19.6 Å². The summed E-state index contributed by atoms with van der Waals surface area (Å²) in [6.45, 7) is 4.07. The van der Waals surface area contributed by atoms with Crippen molar-refractivity contribution in [2.24, 2.45) is 5.92 Å². The summed E-state index contributed by atoms with van der Waals surface area (Å²) in [5.74, 6) is 0.790. The van der Waals surface area contributed by atoms with Crippen LogP contribution in [0.15, 0.2) is 18.2 Å². The van der Waals surface area contributed by atoms with Crippen LogP contribution in [0.5, 0.6) is 0 Å². The van der Waals surface area contributed by atoms with Crippen LogP contribution in [-0.2, 0) is 6.54 Å². The lowest BCUT2D eigenvalue weighted by Crippen LogP contribution is -2.40. The van der Waals surface area contributed by atoms with Gasteiger partial charge in [0.15, 0.2) is 0 Å². The maximum Gasteiger partial charge on any atom is 0.288 e. The van der Waals surface area contributed by atoms with Gasteiger partial charge in [-0.2, -0.15) is 0 Å². The van der Waals surface area contributed by atoms with Crippen molar-refractivity contribution in [3.05, 3.63) is 38.9 Å². The number of nitro groups is 1. The Hall–Kier alpha value is -0.880. The van der Waals surface area contributed by atoms with Gasteiger partial charge in [-0.25, -0.2) is 0 Å². The minimum atomic E-state index is -0.413. The van der Waals surface area contributed by atoms with Gasteiger partial charge in [-0.05, 0) is 62.9 Å². The molecule has 5 nitrogen and oxygen atoms in total. The van der Waals surface area contributed by atoms with E-state index in [-0.39, 0.29) is 23.1 Å². The summed E-state index contributed by atoms with van der Waals surface area (Å²) in [4.78, 5) is 12.9. The van der Waals surface area contributed by atoms with E-state index in [0.717, 1.165) is 31.1 Å². The molecule has 1 unspecified atom stereocenters. The largest absolute Gasteiger partial charge is 0.314 e. The minimum absolute atomic E-state index is 0. The first-order chi connectivity index (χ1) is 10.6. The first-order valence-electron chi connectivity index (χ1n) is 8.02. The second-order valence-corrected chi connectivity index (χ2v) is 6.77. The highest BCUT2D eigenvalue weighted by atomic mass is 35.5. The molecule has 1 atom stereocenters. The molecule has 3 rings (SSSR count). The topological polar surface area (TPSA) is 58.4 Å². The predicted molar refractivity (Wildman–Crippen MR) is 94.4 cm³/mol. The highest BCUT2D eigenvalue weighted by molar-refractivity contribution is 6.32. The van der Waals surface area contributed by atoms with Crippen LogP contribution in [0.1, 0.15) is 31.2 Å². The summed E-state index contributed by atoms with van der Waals surface area (Å²) < 4.78 is 0. The van der Waals surface area contributed by atoms with Gasteiger partial charge in [0.1, 0.15) is 5.02 Å². The number of nitrogens with zero attached hydrogens (tertiary/aromatic N) is 2. The van der Waals surface area contributed by atoms with E-state index in [9.17, 15) is 10.1 Å². The van der Waals surface area contributed by atoms with Gasteiger partial charge in [-0.3, -0.25) is 15.0 Å². The molecule has 0 aliphatic carbocycles. The van der Waals surface area contributed by atoms with E-state index in [1.54, 1.807) is 12.1 Å².